The van der Waals surface area contributed by atoms with E-state index in [0.717, 1.165) is 5.56 Å². The lowest BCUT2D eigenvalue weighted by Crippen LogP contribution is -2.55. The van der Waals surface area contributed by atoms with Crippen LogP contribution < -0.4 is 15.4 Å². The number of rotatable bonds is 7. The van der Waals surface area contributed by atoms with Gasteiger partial charge in [0.15, 0.2) is 11.8 Å². The van der Waals surface area contributed by atoms with Gasteiger partial charge in [0, 0.05) is 19.3 Å². The Morgan fingerprint density at radius 3 is 2.53 bits per heavy atom. The summed E-state index contributed by atoms with van der Waals surface area (Å²) in [5, 5.41) is 14.2. The Hall–Kier alpha value is -4.14. The van der Waals surface area contributed by atoms with Crippen molar-refractivity contribution in [2.45, 2.75) is 25.4 Å². The van der Waals surface area contributed by atoms with Crippen LogP contribution in [0.3, 0.4) is 0 Å². The smallest absolute Gasteiger partial charge is 0.316 e. The molecule has 1 aliphatic rings. The van der Waals surface area contributed by atoms with Crippen LogP contribution in [0.25, 0.3) is 0 Å². The molecule has 0 fully saturated rings. The van der Waals surface area contributed by atoms with Gasteiger partial charge in [-0.2, -0.15) is 0 Å². The van der Waals surface area contributed by atoms with Gasteiger partial charge in [-0.25, -0.2) is 4.79 Å². The molecule has 0 saturated carbocycles. The van der Waals surface area contributed by atoms with Crippen molar-refractivity contribution in [3.8, 4) is 11.5 Å². The molecule has 1 heterocycles. The van der Waals surface area contributed by atoms with E-state index in [9.17, 15) is 24.3 Å². The van der Waals surface area contributed by atoms with Crippen LogP contribution in [0.4, 0.5) is 4.79 Å². The molecular weight excluding hydrogens is 414 g/mol. The number of carbonyl (C=O) groups excluding carboxylic acids is 3. The third kappa shape index (κ3) is 5.72. The zero-order chi connectivity index (χ0) is 23.3. The molecule has 2 aromatic carbocycles. The van der Waals surface area contributed by atoms with Crippen molar-refractivity contribution in [3.05, 3.63) is 71.9 Å². The summed E-state index contributed by atoms with van der Waals surface area (Å²) in [6.07, 6.45) is 2.09. The van der Waals surface area contributed by atoms with Gasteiger partial charge < -0.3 is 25.4 Å². The van der Waals surface area contributed by atoms with Crippen molar-refractivity contribution in [1.82, 2.24) is 15.5 Å². The summed E-state index contributed by atoms with van der Waals surface area (Å²) < 4.78 is 5.82. The molecular formula is C23H23N3O6. The Morgan fingerprint density at radius 1 is 1.12 bits per heavy atom. The highest BCUT2D eigenvalue weighted by atomic mass is 16.5. The maximum Gasteiger partial charge on any atom is 0.316 e. The van der Waals surface area contributed by atoms with Crippen molar-refractivity contribution in [2.75, 3.05) is 7.05 Å². The molecule has 1 unspecified atom stereocenters. The molecule has 166 valence electrons. The first-order chi connectivity index (χ1) is 15.2. The third-order valence-electron chi connectivity index (χ3n) is 4.82. The minimum Gasteiger partial charge on any atom is -0.481 e. The monoisotopic (exact) mass is 437 g/mol. The molecule has 0 aliphatic carbocycles. The number of nitrogens with one attached hydrogen (secondary N) is 2. The summed E-state index contributed by atoms with van der Waals surface area (Å²) >= 11 is 0. The Bertz CT molecular complexity index is 1060. The number of carboxylic acid groups (broad SMARTS) is 1. The lowest BCUT2D eigenvalue weighted by Gasteiger charge is -2.25. The summed E-state index contributed by atoms with van der Waals surface area (Å²) in [4.78, 5) is 49.2. The van der Waals surface area contributed by atoms with E-state index in [1.54, 1.807) is 24.3 Å². The molecule has 0 bridgehead atoms. The van der Waals surface area contributed by atoms with Gasteiger partial charge in [-0.15, -0.1) is 0 Å². The van der Waals surface area contributed by atoms with E-state index >= 15 is 0 Å². The first-order valence-electron chi connectivity index (χ1n) is 9.85. The number of hydrogen-bond acceptors (Lipinski definition) is 5. The highest BCUT2D eigenvalue weighted by molar-refractivity contribution is 6.14. The Labute approximate surface area is 184 Å². The number of aliphatic carboxylic acids is 1. The van der Waals surface area contributed by atoms with Crippen LogP contribution >= 0.6 is 0 Å². The van der Waals surface area contributed by atoms with E-state index < -0.39 is 42.2 Å². The Balaban J connectivity index is 1.74. The highest BCUT2D eigenvalue weighted by Gasteiger charge is 2.32. The molecule has 9 heteroatoms. The number of ketones is 1. The van der Waals surface area contributed by atoms with Crippen LogP contribution in [-0.4, -0.2) is 46.8 Å². The van der Waals surface area contributed by atoms with Crippen LogP contribution in [0, 0.1) is 6.92 Å². The number of nitrogens with zero attached hydrogens (tertiary/aromatic N) is 1. The van der Waals surface area contributed by atoms with Crippen molar-refractivity contribution >= 4 is 23.7 Å². The van der Waals surface area contributed by atoms with Gasteiger partial charge in [0.2, 0.25) is 0 Å². The fourth-order valence-electron chi connectivity index (χ4n) is 3.11. The minimum absolute atomic E-state index is 0.409. The van der Waals surface area contributed by atoms with Gasteiger partial charge in [-0.3, -0.25) is 14.4 Å². The van der Waals surface area contributed by atoms with Gasteiger partial charge in [0.1, 0.15) is 11.5 Å². The normalized spacial score (nSPS) is 16.4. The summed E-state index contributed by atoms with van der Waals surface area (Å²) in [6.45, 7) is 1.96. The number of amides is 3. The minimum atomic E-state index is -1.37. The topological polar surface area (TPSA) is 125 Å². The first kappa shape index (κ1) is 22.5. The zero-order valence-corrected chi connectivity index (χ0v) is 17.6. The van der Waals surface area contributed by atoms with E-state index in [1.807, 2.05) is 31.2 Å². The standard InChI is InChI=1S/C23H23N3O6/c1-14-6-8-16(9-7-14)32-17-5-3-4-15(12-17)18(13-20(28)29)24-23(31)25-21-19(27)10-11-26(2)22(21)30/h3-12,18,21H,13H2,1-2H3,(H,28,29)(H2,24,25,31)/t18-,21?/m0/s1. The number of aryl methyl sites for hydroxylation is 1. The van der Waals surface area contributed by atoms with Crippen molar-refractivity contribution in [3.63, 3.8) is 0 Å². The molecule has 0 saturated heterocycles. The summed E-state index contributed by atoms with van der Waals surface area (Å²) in [5.41, 5.74) is 1.57. The maximum atomic E-state index is 12.5. The predicted molar refractivity (Wildman–Crippen MR) is 115 cm³/mol. The van der Waals surface area contributed by atoms with Crippen molar-refractivity contribution in [1.29, 1.82) is 0 Å². The molecule has 9 nitrogen and oxygen atoms in total. The molecule has 0 spiro atoms. The zero-order valence-electron chi connectivity index (χ0n) is 17.6. The fourth-order valence-corrected chi connectivity index (χ4v) is 3.11. The number of hydrogen-bond donors (Lipinski definition) is 3. The molecule has 32 heavy (non-hydrogen) atoms. The fraction of sp³-hybridized carbons (Fsp3) is 0.217. The van der Waals surface area contributed by atoms with Crippen molar-refractivity contribution < 1.29 is 29.0 Å². The molecule has 1 aliphatic heterocycles. The third-order valence-corrected chi connectivity index (χ3v) is 4.82. The van der Waals surface area contributed by atoms with Crippen LogP contribution in [0.2, 0.25) is 0 Å². The Kier molecular flexibility index (Phi) is 6.89. The van der Waals surface area contributed by atoms with E-state index in [2.05, 4.69) is 10.6 Å². The molecule has 3 rings (SSSR count). The van der Waals surface area contributed by atoms with Crippen LogP contribution in [0.5, 0.6) is 11.5 Å². The summed E-state index contributed by atoms with van der Waals surface area (Å²) in [5.74, 6) is -1.21. The average molecular weight is 437 g/mol. The SMILES string of the molecule is Cc1ccc(Oc2cccc([C@H](CC(=O)O)NC(=O)NC3C(=O)C=CN(C)C3=O)c2)cc1. The van der Waals surface area contributed by atoms with Gasteiger partial charge in [0.05, 0.1) is 12.5 Å². The number of carboxylic acids is 1. The molecule has 3 N–H and O–H groups in total. The molecule has 0 radical (unpaired) electrons. The van der Waals surface area contributed by atoms with Gasteiger partial charge >= 0.3 is 12.0 Å². The summed E-state index contributed by atoms with van der Waals surface area (Å²) in [7, 11) is 1.46. The summed E-state index contributed by atoms with van der Waals surface area (Å²) in [6, 6.07) is 11.0. The average Bonchev–Trinajstić information content (AvgIpc) is 2.75. The van der Waals surface area contributed by atoms with Crippen LogP contribution in [0.15, 0.2) is 60.8 Å². The number of carbonyl (C=O) groups is 4. The molecule has 2 aromatic rings. The number of urea groups is 1. The van der Waals surface area contributed by atoms with Gasteiger partial charge in [-0.05, 0) is 36.8 Å². The number of benzene rings is 2. The lowest BCUT2D eigenvalue weighted by atomic mass is 10.0. The van der Waals surface area contributed by atoms with E-state index in [-0.39, 0.29) is 0 Å². The quantitative estimate of drug-likeness (QED) is 0.572. The van der Waals surface area contributed by atoms with Crippen LogP contribution in [-0.2, 0) is 14.4 Å². The van der Waals surface area contributed by atoms with E-state index in [1.165, 1.54) is 24.2 Å². The highest BCUT2D eigenvalue weighted by Crippen LogP contribution is 2.26. The first-order valence-corrected chi connectivity index (χ1v) is 9.85. The predicted octanol–water partition coefficient (Wildman–Crippen LogP) is 2.53. The van der Waals surface area contributed by atoms with E-state index in [4.69, 9.17) is 4.74 Å². The molecule has 3 amide bonds. The number of ether oxygens (including phenoxy) is 1. The maximum absolute atomic E-state index is 12.5. The van der Waals surface area contributed by atoms with E-state index in [0.29, 0.717) is 17.1 Å². The Morgan fingerprint density at radius 2 is 1.84 bits per heavy atom. The van der Waals surface area contributed by atoms with Gasteiger partial charge in [-0.1, -0.05) is 29.8 Å². The molecule has 0 aromatic heterocycles. The second kappa shape index (κ2) is 9.78. The largest absolute Gasteiger partial charge is 0.481 e. The number of likely N-dealkylation sites (N-methyl/N-ethyl adjacent to an activating group) is 1. The van der Waals surface area contributed by atoms with Crippen LogP contribution in [0.1, 0.15) is 23.6 Å². The lowest BCUT2D eigenvalue weighted by molar-refractivity contribution is -0.138. The molecule has 2 atom stereocenters. The van der Waals surface area contributed by atoms with Gasteiger partial charge in [0.25, 0.3) is 5.91 Å². The second-order valence-electron chi connectivity index (χ2n) is 7.36. The second-order valence-corrected chi connectivity index (χ2v) is 7.36. The van der Waals surface area contributed by atoms with Crippen molar-refractivity contribution in [2.24, 2.45) is 0 Å².